The topological polar surface area (TPSA) is 33.6 Å². The number of ether oxygens (including phenoxy) is 1. The van der Waals surface area contributed by atoms with Crippen molar-refractivity contribution in [3.8, 4) is 0 Å². The van der Waals surface area contributed by atoms with Gasteiger partial charge in [-0.25, -0.2) is 4.99 Å². The summed E-state index contributed by atoms with van der Waals surface area (Å²) in [6, 6.07) is 0.279. The molecule has 3 nitrogen and oxygen atoms in total. The van der Waals surface area contributed by atoms with Gasteiger partial charge in [-0.2, -0.15) is 0 Å². The van der Waals surface area contributed by atoms with Gasteiger partial charge >= 0.3 is 0 Å². The average Bonchev–Trinajstić information content (AvgIpc) is 3.35. The molecule has 0 amide bonds. The van der Waals surface area contributed by atoms with Crippen molar-refractivity contribution in [3.63, 3.8) is 0 Å². The van der Waals surface area contributed by atoms with E-state index >= 15 is 0 Å². The van der Waals surface area contributed by atoms with Crippen molar-refractivity contribution in [3.05, 3.63) is 45.6 Å². The molecule has 5 atom stereocenters. The van der Waals surface area contributed by atoms with Crippen LogP contribution >= 0.6 is 11.8 Å². The Bertz CT molecular complexity index is 1080. The molecule has 0 aromatic heterocycles. The largest absolute Gasteiger partial charge is 0.472 e. The molecule has 6 aliphatic rings. The van der Waals surface area contributed by atoms with Crippen molar-refractivity contribution in [2.45, 2.75) is 90.7 Å². The fourth-order valence-electron chi connectivity index (χ4n) is 6.65. The van der Waals surface area contributed by atoms with Gasteiger partial charge in [-0.05, 0) is 83.9 Å². The van der Waals surface area contributed by atoms with Crippen molar-refractivity contribution >= 4 is 17.5 Å². The third-order valence-corrected chi connectivity index (χ3v) is 10.1. The minimum Gasteiger partial charge on any atom is -0.472 e. The molecule has 3 unspecified atom stereocenters. The van der Waals surface area contributed by atoms with E-state index in [1.165, 1.54) is 24.0 Å². The lowest BCUT2D eigenvalue weighted by molar-refractivity contribution is 0.146. The minimum absolute atomic E-state index is 0.155. The number of nitrogens with zero attached hydrogens (tertiary/aromatic N) is 1. The highest BCUT2D eigenvalue weighted by Crippen LogP contribution is 2.61. The van der Waals surface area contributed by atoms with Gasteiger partial charge in [0.25, 0.3) is 0 Å². The Kier molecular flexibility index (Phi) is 3.82. The number of nitrogens with one attached hydrogen (secondary N) is 1. The SMILES string of the molecule is [2H]C([2H])([2H])C1=NC2OC3=C([C@H]4CC=C5C6=C(S[C@H]5N4)C(C)(C)CCC6(C)C)CCCC3C2C=C1. The number of fused-ring (bicyclic) bond motifs is 5. The van der Waals surface area contributed by atoms with E-state index < -0.39 is 6.85 Å². The molecule has 1 N–H and O–H groups in total. The van der Waals surface area contributed by atoms with Gasteiger partial charge in [-0.3, -0.25) is 5.32 Å². The molecule has 0 aromatic carbocycles. The van der Waals surface area contributed by atoms with Crippen molar-refractivity contribution in [1.82, 2.24) is 5.32 Å². The maximum atomic E-state index is 7.73. The third-order valence-electron chi connectivity index (χ3n) is 8.45. The van der Waals surface area contributed by atoms with Gasteiger partial charge < -0.3 is 4.74 Å². The molecule has 4 heterocycles. The van der Waals surface area contributed by atoms with Crippen LogP contribution in [0.4, 0.5) is 0 Å². The molecule has 0 aromatic rings. The second kappa shape index (κ2) is 6.87. The lowest BCUT2D eigenvalue weighted by atomic mass is 9.65. The number of rotatable bonds is 1. The predicted molar refractivity (Wildman–Crippen MR) is 130 cm³/mol. The maximum Gasteiger partial charge on any atom is 0.196 e. The van der Waals surface area contributed by atoms with E-state index in [1.807, 2.05) is 17.8 Å². The Morgan fingerprint density at radius 1 is 1.23 bits per heavy atom. The van der Waals surface area contributed by atoms with Crippen LogP contribution in [0.2, 0.25) is 0 Å². The lowest BCUT2D eigenvalue weighted by Gasteiger charge is -2.41. The normalized spacial score (nSPS) is 41.7. The standard InChI is InChI=1S/C27H36N2OS/c1-15-9-10-17-16-7-6-8-18(22(16)30-24(17)28-15)20-12-11-19-21-23(31-25(19)29-20)27(4,5)14-13-26(21,2)3/h9-11,16-17,20,24-25,29H,6-8,12-14H2,1-5H3/t16?,17?,20-,24?,25-/m1/s1/i1D3. The quantitative estimate of drug-likeness (QED) is 0.506. The first-order chi connectivity index (χ1) is 16.0. The first-order valence-corrected chi connectivity index (χ1v) is 12.9. The molecule has 1 fully saturated rings. The highest BCUT2D eigenvalue weighted by atomic mass is 32.2. The van der Waals surface area contributed by atoms with E-state index in [4.69, 9.17) is 8.85 Å². The van der Waals surface area contributed by atoms with Crippen molar-refractivity contribution < 1.29 is 8.85 Å². The van der Waals surface area contributed by atoms with Gasteiger partial charge in [0.15, 0.2) is 6.23 Å². The smallest absolute Gasteiger partial charge is 0.196 e. The summed E-state index contributed by atoms with van der Waals surface area (Å²) in [7, 11) is 0. The molecule has 166 valence electrons. The summed E-state index contributed by atoms with van der Waals surface area (Å²) in [5.41, 5.74) is 5.16. The van der Waals surface area contributed by atoms with Crippen LogP contribution in [0.5, 0.6) is 0 Å². The average molecular weight is 440 g/mol. The first-order valence-electron chi connectivity index (χ1n) is 13.5. The molecular formula is C27H36N2OS. The number of thioether (sulfide) groups is 1. The molecule has 31 heavy (non-hydrogen) atoms. The van der Waals surface area contributed by atoms with E-state index in [1.54, 1.807) is 16.6 Å². The zero-order valence-corrected chi connectivity index (χ0v) is 19.9. The molecule has 4 aliphatic heterocycles. The van der Waals surface area contributed by atoms with Crippen LogP contribution in [-0.4, -0.2) is 23.4 Å². The van der Waals surface area contributed by atoms with E-state index in [9.17, 15) is 0 Å². The highest BCUT2D eigenvalue weighted by Gasteiger charge is 2.50. The third kappa shape index (κ3) is 3.08. The summed E-state index contributed by atoms with van der Waals surface area (Å²) in [5.74, 6) is 1.57. The molecule has 0 radical (unpaired) electrons. The molecule has 0 spiro atoms. The Morgan fingerprint density at radius 3 is 2.90 bits per heavy atom. The van der Waals surface area contributed by atoms with Crippen molar-refractivity contribution in [2.75, 3.05) is 0 Å². The zero-order chi connectivity index (χ0) is 24.0. The second-order valence-electron chi connectivity index (χ2n) is 11.4. The van der Waals surface area contributed by atoms with Gasteiger partial charge in [0.2, 0.25) is 0 Å². The summed E-state index contributed by atoms with van der Waals surface area (Å²) >= 11 is 2.05. The first kappa shape index (κ1) is 17.2. The summed E-state index contributed by atoms with van der Waals surface area (Å²) in [6.45, 7) is 7.46. The second-order valence-corrected chi connectivity index (χ2v) is 12.5. The Balaban J connectivity index is 1.29. The van der Waals surface area contributed by atoms with E-state index in [0.717, 1.165) is 31.4 Å². The van der Waals surface area contributed by atoms with Crippen LogP contribution in [-0.2, 0) is 4.74 Å². The summed E-state index contributed by atoms with van der Waals surface area (Å²) in [4.78, 5) is 6.11. The number of dihydropyridines is 1. The van der Waals surface area contributed by atoms with Gasteiger partial charge in [-0.1, -0.05) is 39.8 Å². The van der Waals surface area contributed by atoms with Crippen LogP contribution in [0.25, 0.3) is 0 Å². The van der Waals surface area contributed by atoms with Crippen LogP contribution < -0.4 is 5.32 Å². The number of allylic oxidation sites excluding steroid dienone is 3. The molecule has 1 saturated heterocycles. The zero-order valence-electron chi connectivity index (χ0n) is 22.1. The Labute approximate surface area is 195 Å². The van der Waals surface area contributed by atoms with Crippen molar-refractivity contribution in [2.24, 2.45) is 27.7 Å². The molecule has 4 heteroatoms. The number of hydrogen-bond acceptors (Lipinski definition) is 4. The van der Waals surface area contributed by atoms with E-state index in [-0.39, 0.29) is 34.7 Å². The fourth-order valence-corrected chi connectivity index (χ4v) is 8.39. The maximum absolute atomic E-state index is 7.73. The molecule has 0 bridgehead atoms. The van der Waals surface area contributed by atoms with Gasteiger partial charge in [0.05, 0.1) is 5.37 Å². The number of hydrogen-bond donors (Lipinski definition) is 1. The lowest BCUT2D eigenvalue weighted by Crippen LogP contribution is -2.42. The van der Waals surface area contributed by atoms with Crippen LogP contribution in [0.15, 0.2) is 50.6 Å². The summed E-state index contributed by atoms with van der Waals surface area (Å²) < 4.78 is 29.6. The number of aliphatic imine (C=N–C) groups is 1. The Hall–Kier alpha value is -1.26. The molecular weight excluding hydrogens is 400 g/mol. The molecule has 0 saturated carbocycles. The highest BCUT2D eigenvalue weighted by molar-refractivity contribution is 8.04. The minimum atomic E-state index is -2.19. The van der Waals surface area contributed by atoms with Crippen LogP contribution in [0, 0.1) is 22.7 Å². The van der Waals surface area contributed by atoms with Crippen LogP contribution in [0.3, 0.4) is 0 Å². The molecule has 2 aliphatic carbocycles. The van der Waals surface area contributed by atoms with Gasteiger partial charge in [0, 0.05) is 27.7 Å². The van der Waals surface area contributed by atoms with E-state index in [0.29, 0.717) is 11.3 Å². The van der Waals surface area contributed by atoms with Gasteiger partial charge in [-0.15, -0.1) is 11.8 Å². The Morgan fingerprint density at radius 2 is 2.06 bits per heavy atom. The summed E-state index contributed by atoms with van der Waals surface area (Å²) in [5, 5.41) is 4.33. The fraction of sp³-hybridized carbons (Fsp3) is 0.667. The van der Waals surface area contributed by atoms with Gasteiger partial charge in [0.1, 0.15) is 5.76 Å². The van der Waals surface area contributed by atoms with Crippen molar-refractivity contribution in [1.29, 1.82) is 0 Å². The summed E-state index contributed by atoms with van der Waals surface area (Å²) in [6.07, 6.45) is 12.6. The van der Waals surface area contributed by atoms with Crippen LogP contribution in [0.1, 0.15) is 77.2 Å². The molecule has 6 rings (SSSR count). The van der Waals surface area contributed by atoms with E-state index in [2.05, 4.69) is 44.1 Å². The predicted octanol–water partition coefficient (Wildman–Crippen LogP) is 6.51. The monoisotopic (exact) mass is 439 g/mol.